The lowest BCUT2D eigenvalue weighted by atomic mass is 10.1. The highest BCUT2D eigenvalue weighted by molar-refractivity contribution is 6.33. The van der Waals surface area contributed by atoms with Crippen molar-refractivity contribution in [2.75, 3.05) is 17.2 Å². The van der Waals surface area contributed by atoms with Crippen LogP contribution in [0.15, 0.2) is 36.4 Å². The summed E-state index contributed by atoms with van der Waals surface area (Å²) in [5, 5.41) is 10.2. The minimum absolute atomic E-state index is 0.0746. The highest BCUT2D eigenvalue weighted by Gasteiger charge is 2.20. The molecule has 0 saturated heterocycles. The second kappa shape index (κ2) is 7.10. The third kappa shape index (κ3) is 3.52. The second-order valence-electron chi connectivity index (χ2n) is 4.80. The number of amides is 2. The van der Waals surface area contributed by atoms with Gasteiger partial charge in [0.2, 0.25) is 0 Å². The van der Waals surface area contributed by atoms with E-state index in [1.807, 2.05) is 0 Å². The number of nitrogen functional groups attached to an aromatic ring is 1. The molecule has 0 fully saturated rings. The Morgan fingerprint density at radius 2 is 1.88 bits per heavy atom. The van der Waals surface area contributed by atoms with Crippen LogP contribution in [0, 0.1) is 0 Å². The number of carbonyl (C=O) groups is 2. The summed E-state index contributed by atoms with van der Waals surface area (Å²) in [6.45, 7) is 1.96. The van der Waals surface area contributed by atoms with Crippen LogP contribution in [0.5, 0.6) is 5.75 Å². The number of phenols is 1. The molecule has 0 radical (unpaired) electrons. The van der Waals surface area contributed by atoms with Gasteiger partial charge in [-0.05, 0) is 37.3 Å². The average molecular weight is 350 g/mol. The number of esters is 1. The zero-order valence-corrected chi connectivity index (χ0v) is 13.6. The number of primary amides is 1. The largest absolute Gasteiger partial charge is 0.506 e. The van der Waals surface area contributed by atoms with Gasteiger partial charge in [-0.2, -0.15) is 0 Å². The minimum Gasteiger partial charge on any atom is -0.506 e. The van der Waals surface area contributed by atoms with Crippen LogP contribution in [0.2, 0.25) is 5.02 Å². The van der Waals surface area contributed by atoms with E-state index in [1.165, 1.54) is 36.4 Å². The molecule has 8 heteroatoms. The van der Waals surface area contributed by atoms with E-state index in [-0.39, 0.29) is 28.8 Å². The lowest BCUT2D eigenvalue weighted by molar-refractivity contribution is 0.0526. The Balaban J connectivity index is 2.44. The Kier molecular flexibility index (Phi) is 5.15. The van der Waals surface area contributed by atoms with E-state index in [0.717, 1.165) is 4.90 Å². The molecule has 2 aromatic rings. The molecule has 5 N–H and O–H groups in total. The number of rotatable bonds is 4. The van der Waals surface area contributed by atoms with Gasteiger partial charge in [0.1, 0.15) is 5.75 Å². The zero-order chi connectivity index (χ0) is 17.9. The third-order valence-corrected chi connectivity index (χ3v) is 3.52. The number of urea groups is 1. The van der Waals surface area contributed by atoms with E-state index in [4.69, 9.17) is 27.8 Å². The molecule has 2 rings (SSSR count). The maximum atomic E-state index is 11.8. The van der Waals surface area contributed by atoms with Gasteiger partial charge >= 0.3 is 12.0 Å². The molecule has 0 spiro atoms. The molecule has 0 saturated carbocycles. The van der Waals surface area contributed by atoms with Crippen LogP contribution >= 0.6 is 11.6 Å². The highest BCUT2D eigenvalue weighted by Crippen LogP contribution is 2.38. The van der Waals surface area contributed by atoms with Crippen LogP contribution in [0.1, 0.15) is 17.3 Å². The lowest BCUT2D eigenvalue weighted by Crippen LogP contribution is -2.31. The first-order chi connectivity index (χ1) is 11.3. The standard InChI is InChI=1S/C16H16ClN3O4/c1-2-24-15(22)9-3-5-10(6-4-9)20(16(19)23)13-7-11(17)12(18)8-14(13)21/h3-8,21H,2,18H2,1H3,(H2,19,23). The molecular weight excluding hydrogens is 334 g/mol. The fourth-order valence-corrected chi connectivity index (χ4v) is 2.25. The lowest BCUT2D eigenvalue weighted by Gasteiger charge is -2.22. The van der Waals surface area contributed by atoms with Crippen molar-refractivity contribution in [1.29, 1.82) is 0 Å². The molecule has 7 nitrogen and oxygen atoms in total. The Labute approximate surface area is 143 Å². The van der Waals surface area contributed by atoms with E-state index in [2.05, 4.69) is 0 Å². The van der Waals surface area contributed by atoms with Crippen LogP contribution in [-0.2, 0) is 4.74 Å². The van der Waals surface area contributed by atoms with Crippen molar-refractivity contribution < 1.29 is 19.4 Å². The molecule has 0 bridgehead atoms. The number of phenolic OH excluding ortho intramolecular Hbond substituents is 1. The Bertz CT molecular complexity index is 778. The molecule has 126 valence electrons. The van der Waals surface area contributed by atoms with Crippen molar-refractivity contribution in [2.45, 2.75) is 6.92 Å². The van der Waals surface area contributed by atoms with E-state index < -0.39 is 12.0 Å². The number of hydrogen-bond donors (Lipinski definition) is 3. The summed E-state index contributed by atoms with van der Waals surface area (Å²) in [6, 6.07) is 7.69. The van der Waals surface area contributed by atoms with E-state index in [1.54, 1.807) is 6.92 Å². The summed E-state index contributed by atoms with van der Waals surface area (Å²) in [4.78, 5) is 24.6. The maximum absolute atomic E-state index is 11.8. The summed E-state index contributed by atoms with van der Waals surface area (Å²) in [5.41, 5.74) is 11.9. The Hall–Kier alpha value is -2.93. The molecule has 24 heavy (non-hydrogen) atoms. The number of ether oxygens (including phenoxy) is 1. The van der Waals surface area contributed by atoms with E-state index >= 15 is 0 Å². The van der Waals surface area contributed by atoms with Gasteiger partial charge in [-0.1, -0.05) is 11.6 Å². The summed E-state index contributed by atoms with van der Waals surface area (Å²) in [5.74, 6) is -0.738. The monoisotopic (exact) mass is 349 g/mol. The number of nitrogens with two attached hydrogens (primary N) is 2. The maximum Gasteiger partial charge on any atom is 0.338 e. The van der Waals surface area contributed by atoms with E-state index in [9.17, 15) is 14.7 Å². The van der Waals surface area contributed by atoms with Crippen molar-refractivity contribution in [3.8, 4) is 5.75 Å². The molecule has 0 heterocycles. The molecular formula is C16H16ClN3O4. The predicted molar refractivity (Wildman–Crippen MR) is 91.7 cm³/mol. The number of nitrogens with zero attached hydrogens (tertiary/aromatic N) is 1. The van der Waals surface area contributed by atoms with Crippen LogP contribution in [0.3, 0.4) is 0 Å². The normalized spacial score (nSPS) is 10.2. The van der Waals surface area contributed by atoms with Gasteiger partial charge in [0.05, 0.1) is 34.3 Å². The minimum atomic E-state index is -0.838. The zero-order valence-electron chi connectivity index (χ0n) is 12.8. The van der Waals surface area contributed by atoms with Crippen molar-refractivity contribution in [3.63, 3.8) is 0 Å². The van der Waals surface area contributed by atoms with Gasteiger partial charge < -0.3 is 21.3 Å². The number of benzene rings is 2. The van der Waals surface area contributed by atoms with Gasteiger partial charge in [0.25, 0.3) is 0 Å². The quantitative estimate of drug-likeness (QED) is 0.579. The van der Waals surface area contributed by atoms with Gasteiger partial charge in [0, 0.05) is 6.07 Å². The third-order valence-electron chi connectivity index (χ3n) is 3.19. The van der Waals surface area contributed by atoms with Crippen LogP contribution in [-0.4, -0.2) is 23.7 Å². The predicted octanol–water partition coefficient (Wildman–Crippen LogP) is 3.02. The van der Waals surface area contributed by atoms with Gasteiger partial charge in [0.15, 0.2) is 0 Å². The van der Waals surface area contributed by atoms with E-state index in [0.29, 0.717) is 11.3 Å². The van der Waals surface area contributed by atoms with Crippen molar-refractivity contribution in [2.24, 2.45) is 5.73 Å². The second-order valence-corrected chi connectivity index (χ2v) is 5.21. The molecule has 0 aliphatic rings. The summed E-state index contributed by atoms with van der Waals surface area (Å²) in [7, 11) is 0. The first-order valence-corrected chi connectivity index (χ1v) is 7.37. The van der Waals surface area contributed by atoms with Gasteiger partial charge in [-0.25, -0.2) is 9.59 Å². The molecule has 0 unspecified atom stereocenters. The molecule has 2 amide bonds. The smallest absolute Gasteiger partial charge is 0.338 e. The average Bonchev–Trinajstić information content (AvgIpc) is 2.53. The number of anilines is 3. The highest BCUT2D eigenvalue weighted by atomic mass is 35.5. The van der Waals surface area contributed by atoms with Crippen LogP contribution in [0.25, 0.3) is 0 Å². The topological polar surface area (TPSA) is 119 Å². The molecule has 0 atom stereocenters. The van der Waals surface area contributed by atoms with Gasteiger partial charge in [-0.15, -0.1) is 0 Å². The first-order valence-electron chi connectivity index (χ1n) is 6.99. The summed E-state index contributed by atoms with van der Waals surface area (Å²) >= 11 is 5.95. The number of halogens is 1. The molecule has 0 aliphatic heterocycles. The van der Waals surface area contributed by atoms with Gasteiger partial charge in [-0.3, -0.25) is 4.90 Å². The number of hydrogen-bond acceptors (Lipinski definition) is 5. The van der Waals surface area contributed by atoms with Crippen LogP contribution < -0.4 is 16.4 Å². The van der Waals surface area contributed by atoms with Crippen molar-refractivity contribution in [1.82, 2.24) is 0 Å². The fraction of sp³-hybridized carbons (Fsp3) is 0.125. The Morgan fingerprint density at radius 1 is 1.25 bits per heavy atom. The molecule has 2 aromatic carbocycles. The Morgan fingerprint density at radius 3 is 2.42 bits per heavy atom. The first kappa shape index (κ1) is 17.4. The molecule has 0 aliphatic carbocycles. The summed E-state index contributed by atoms with van der Waals surface area (Å²) in [6.07, 6.45) is 0. The van der Waals surface area contributed by atoms with Crippen molar-refractivity contribution >= 4 is 40.7 Å². The van der Waals surface area contributed by atoms with Crippen LogP contribution in [0.4, 0.5) is 21.9 Å². The summed E-state index contributed by atoms with van der Waals surface area (Å²) < 4.78 is 4.89. The SMILES string of the molecule is CCOC(=O)c1ccc(N(C(N)=O)c2cc(Cl)c(N)cc2O)cc1. The van der Waals surface area contributed by atoms with Crippen molar-refractivity contribution in [3.05, 3.63) is 47.0 Å². The fourth-order valence-electron chi connectivity index (χ4n) is 2.09. The number of carbonyl (C=O) groups excluding carboxylic acids is 2. The number of aromatic hydroxyl groups is 1. The molecule has 0 aromatic heterocycles.